The number of carboxylic acids is 1. The van der Waals surface area contributed by atoms with Gasteiger partial charge in [-0.2, -0.15) is 0 Å². The average molecular weight is 648 g/mol. The Labute approximate surface area is 255 Å². The molecule has 0 aliphatic rings. The van der Waals surface area contributed by atoms with Crippen LogP contribution in [0.1, 0.15) is 15.9 Å². The first kappa shape index (κ1) is 30.8. The van der Waals surface area contributed by atoms with Crippen molar-refractivity contribution >= 4 is 73.9 Å². The number of aliphatic carboxylic acids is 1. The molecule has 0 aliphatic carbocycles. The minimum atomic E-state index is -4.13. The van der Waals surface area contributed by atoms with Crippen LogP contribution in [0.25, 0.3) is 0 Å². The number of aromatic nitrogens is 1. The standard InChI is InChI=1S/C28H21Cl3N4O6S/c29-17-8-12-19(13-9-17)42(40,41)26-22(5-2-14-32-26)34-28(39)35-23(27(37)38)15-16-6-10-18(11-7-16)33-25(36)24-20(30)3-1-4-21(24)31/h1-14,23H,15H2,(H,33,36)(H,37,38)(H2,34,35,39)/t23-/m0/s1. The van der Waals surface area contributed by atoms with Crippen molar-refractivity contribution in [3.05, 3.63) is 111 Å². The van der Waals surface area contributed by atoms with Gasteiger partial charge >= 0.3 is 12.0 Å². The normalized spacial score (nSPS) is 11.8. The first-order valence-corrected chi connectivity index (χ1v) is 14.7. The molecule has 0 unspecified atom stereocenters. The Balaban J connectivity index is 1.43. The van der Waals surface area contributed by atoms with E-state index < -0.39 is 38.8 Å². The van der Waals surface area contributed by atoms with Crippen molar-refractivity contribution < 1.29 is 27.9 Å². The third-order valence-electron chi connectivity index (χ3n) is 5.84. The van der Waals surface area contributed by atoms with E-state index in [9.17, 15) is 27.9 Å². The lowest BCUT2D eigenvalue weighted by Crippen LogP contribution is -2.44. The van der Waals surface area contributed by atoms with E-state index in [4.69, 9.17) is 34.8 Å². The summed E-state index contributed by atoms with van der Waals surface area (Å²) in [5, 5.41) is 17.4. The summed E-state index contributed by atoms with van der Waals surface area (Å²) in [7, 11) is -4.13. The number of pyridine rings is 1. The molecule has 10 nitrogen and oxygen atoms in total. The van der Waals surface area contributed by atoms with E-state index in [1.165, 1.54) is 54.7 Å². The van der Waals surface area contributed by atoms with Gasteiger partial charge in [0.2, 0.25) is 9.84 Å². The second kappa shape index (κ2) is 13.2. The van der Waals surface area contributed by atoms with Crippen molar-refractivity contribution in [3.63, 3.8) is 0 Å². The average Bonchev–Trinajstić information content (AvgIpc) is 2.94. The van der Waals surface area contributed by atoms with Gasteiger partial charge in [-0.3, -0.25) is 4.79 Å². The molecule has 14 heteroatoms. The van der Waals surface area contributed by atoms with Crippen LogP contribution in [0, 0.1) is 0 Å². The topological polar surface area (TPSA) is 155 Å². The number of halogens is 3. The molecule has 1 heterocycles. The van der Waals surface area contributed by atoms with Crippen molar-refractivity contribution in [1.29, 1.82) is 0 Å². The Morgan fingerprint density at radius 2 is 1.48 bits per heavy atom. The zero-order valence-corrected chi connectivity index (χ0v) is 24.4. The van der Waals surface area contributed by atoms with E-state index in [0.29, 0.717) is 16.3 Å². The fourth-order valence-corrected chi connectivity index (χ4v) is 5.83. The largest absolute Gasteiger partial charge is 0.480 e. The third kappa shape index (κ3) is 7.37. The summed E-state index contributed by atoms with van der Waals surface area (Å²) in [5.41, 5.74) is 0.906. The predicted molar refractivity (Wildman–Crippen MR) is 159 cm³/mol. The molecule has 0 saturated carbocycles. The molecule has 0 saturated heterocycles. The number of nitrogens with zero attached hydrogens (tertiary/aromatic N) is 1. The van der Waals surface area contributed by atoms with Gasteiger partial charge < -0.3 is 21.1 Å². The zero-order valence-electron chi connectivity index (χ0n) is 21.3. The van der Waals surface area contributed by atoms with E-state index in [1.807, 2.05) is 0 Å². The van der Waals surface area contributed by atoms with Crippen LogP contribution in [-0.2, 0) is 21.1 Å². The number of amides is 3. The number of carbonyl (C=O) groups is 3. The van der Waals surface area contributed by atoms with Gasteiger partial charge in [0.15, 0.2) is 5.03 Å². The number of carboxylic acid groups (broad SMARTS) is 1. The summed E-state index contributed by atoms with van der Waals surface area (Å²) >= 11 is 18.0. The van der Waals surface area contributed by atoms with E-state index in [0.717, 1.165) is 0 Å². The van der Waals surface area contributed by atoms with Gasteiger partial charge in [-0.05, 0) is 66.2 Å². The van der Waals surface area contributed by atoms with Gasteiger partial charge in [-0.25, -0.2) is 23.0 Å². The number of rotatable bonds is 9. The highest BCUT2D eigenvalue weighted by molar-refractivity contribution is 7.91. The highest BCUT2D eigenvalue weighted by atomic mass is 35.5. The molecule has 4 rings (SSSR count). The monoisotopic (exact) mass is 646 g/mol. The predicted octanol–water partition coefficient (Wildman–Crippen LogP) is 5.94. The fraction of sp³-hybridized carbons (Fsp3) is 0.0714. The second-order valence-corrected chi connectivity index (χ2v) is 11.9. The van der Waals surface area contributed by atoms with E-state index in [2.05, 4.69) is 20.9 Å². The van der Waals surface area contributed by atoms with Crippen molar-refractivity contribution in [1.82, 2.24) is 10.3 Å². The fourth-order valence-electron chi connectivity index (χ4n) is 3.81. The highest BCUT2D eigenvalue weighted by Crippen LogP contribution is 2.27. The molecule has 0 aliphatic heterocycles. The number of anilines is 2. The number of sulfone groups is 1. The van der Waals surface area contributed by atoms with Gasteiger partial charge in [0.1, 0.15) is 6.04 Å². The molecule has 1 atom stereocenters. The van der Waals surface area contributed by atoms with Gasteiger partial charge in [0.05, 0.1) is 26.2 Å². The Bertz CT molecular complexity index is 1730. The number of carbonyl (C=O) groups excluding carboxylic acids is 2. The first-order chi connectivity index (χ1) is 20.0. The van der Waals surface area contributed by atoms with Crippen LogP contribution in [0.15, 0.2) is 95.0 Å². The molecule has 3 aromatic carbocycles. The number of urea groups is 1. The molecule has 3 amide bonds. The van der Waals surface area contributed by atoms with Crippen molar-refractivity contribution in [2.45, 2.75) is 22.4 Å². The molecule has 4 N–H and O–H groups in total. The lowest BCUT2D eigenvalue weighted by molar-refractivity contribution is -0.139. The van der Waals surface area contributed by atoms with Crippen LogP contribution in [0.5, 0.6) is 0 Å². The summed E-state index contributed by atoms with van der Waals surface area (Å²) in [6, 6.07) is 16.8. The Morgan fingerprint density at radius 3 is 2.10 bits per heavy atom. The summed E-state index contributed by atoms with van der Waals surface area (Å²) < 4.78 is 26.2. The van der Waals surface area contributed by atoms with Gasteiger partial charge in [-0.15, -0.1) is 0 Å². The van der Waals surface area contributed by atoms with Crippen LogP contribution < -0.4 is 16.0 Å². The molecule has 0 bridgehead atoms. The molecule has 1 aromatic heterocycles. The van der Waals surface area contributed by atoms with Crippen LogP contribution in [0.2, 0.25) is 15.1 Å². The summed E-state index contributed by atoms with van der Waals surface area (Å²) in [6.45, 7) is 0. The molecular weight excluding hydrogens is 627 g/mol. The summed E-state index contributed by atoms with van der Waals surface area (Å²) in [4.78, 5) is 41.1. The summed E-state index contributed by atoms with van der Waals surface area (Å²) in [6.07, 6.45) is 1.14. The van der Waals surface area contributed by atoms with Crippen molar-refractivity contribution in [2.24, 2.45) is 0 Å². The Hall–Kier alpha value is -4.16. The molecule has 0 spiro atoms. The van der Waals surface area contributed by atoms with E-state index in [-0.39, 0.29) is 32.6 Å². The molecule has 0 fully saturated rings. The van der Waals surface area contributed by atoms with Gasteiger partial charge in [0, 0.05) is 23.3 Å². The first-order valence-electron chi connectivity index (χ1n) is 12.1. The molecule has 4 aromatic rings. The number of hydrogen-bond donors (Lipinski definition) is 4. The highest BCUT2D eigenvalue weighted by Gasteiger charge is 2.26. The maximum absolute atomic E-state index is 13.1. The van der Waals surface area contributed by atoms with Crippen molar-refractivity contribution in [2.75, 3.05) is 10.6 Å². The number of nitrogens with one attached hydrogen (secondary N) is 3. The van der Waals surface area contributed by atoms with Crippen molar-refractivity contribution in [3.8, 4) is 0 Å². The quantitative estimate of drug-likeness (QED) is 0.175. The van der Waals surface area contributed by atoms with Gasteiger partial charge in [-0.1, -0.05) is 53.0 Å². The smallest absolute Gasteiger partial charge is 0.326 e. The molecular formula is C28H21Cl3N4O6S. The zero-order chi connectivity index (χ0) is 30.4. The lowest BCUT2D eigenvalue weighted by Gasteiger charge is -2.17. The number of benzene rings is 3. The SMILES string of the molecule is O=C(Nc1cccnc1S(=O)(=O)c1ccc(Cl)cc1)N[C@@H](Cc1ccc(NC(=O)c2c(Cl)cccc2Cl)cc1)C(=O)O. The third-order valence-corrected chi connectivity index (χ3v) is 8.45. The van der Waals surface area contributed by atoms with Gasteiger partial charge in [0.25, 0.3) is 5.91 Å². The molecule has 216 valence electrons. The molecule has 0 radical (unpaired) electrons. The van der Waals surface area contributed by atoms with E-state index in [1.54, 1.807) is 30.3 Å². The maximum atomic E-state index is 13.1. The summed E-state index contributed by atoms with van der Waals surface area (Å²) in [5.74, 6) is -1.84. The Kier molecular flexibility index (Phi) is 9.69. The minimum Gasteiger partial charge on any atom is -0.480 e. The molecule has 42 heavy (non-hydrogen) atoms. The maximum Gasteiger partial charge on any atom is 0.326 e. The van der Waals surface area contributed by atoms with Crippen LogP contribution in [-0.4, -0.2) is 42.5 Å². The minimum absolute atomic E-state index is 0.0907. The van der Waals surface area contributed by atoms with Crippen LogP contribution in [0.4, 0.5) is 16.2 Å². The lowest BCUT2D eigenvalue weighted by atomic mass is 10.1. The Morgan fingerprint density at radius 1 is 0.833 bits per heavy atom. The van der Waals surface area contributed by atoms with Crippen LogP contribution in [0.3, 0.4) is 0 Å². The van der Waals surface area contributed by atoms with E-state index >= 15 is 0 Å². The number of hydrogen-bond acceptors (Lipinski definition) is 6. The second-order valence-electron chi connectivity index (χ2n) is 8.75. The van der Waals surface area contributed by atoms with Crippen LogP contribution >= 0.6 is 34.8 Å².